The zero-order valence-electron chi connectivity index (χ0n) is 9.83. The molecule has 0 radical (unpaired) electrons. The van der Waals surface area contributed by atoms with E-state index in [0.717, 1.165) is 11.2 Å². The Hall–Kier alpha value is -1.37. The van der Waals surface area contributed by atoms with Crippen LogP contribution < -0.4 is 0 Å². The lowest BCUT2D eigenvalue weighted by molar-refractivity contribution is 0.859. The predicted octanol–water partition coefficient (Wildman–Crippen LogP) is 3.98. The van der Waals surface area contributed by atoms with Crippen LogP contribution in [0.1, 0.15) is 36.6 Å². The third-order valence-corrected chi connectivity index (χ3v) is 3.01. The molecule has 0 saturated heterocycles. The number of hydrogen-bond acceptors (Lipinski definition) is 1. The van der Waals surface area contributed by atoms with Gasteiger partial charge in [-0.3, -0.25) is 4.98 Å². The van der Waals surface area contributed by atoms with E-state index >= 15 is 0 Å². The molecule has 2 aromatic rings. The Labute approximate surface area is 91.2 Å². The molecule has 0 aliphatic heterocycles. The Kier molecular flexibility index (Phi) is 2.47. The quantitative estimate of drug-likeness (QED) is 0.677. The minimum atomic E-state index is 0.552. The molecule has 1 aromatic carbocycles. The van der Waals surface area contributed by atoms with Gasteiger partial charge >= 0.3 is 0 Å². The molecule has 1 heterocycles. The van der Waals surface area contributed by atoms with Gasteiger partial charge in [0.05, 0.1) is 5.52 Å². The largest absolute Gasteiger partial charge is 0.253 e. The van der Waals surface area contributed by atoms with Crippen LogP contribution >= 0.6 is 0 Å². The number of aryl methyl sites for hydroxylation is 1. The van der Waals surface area contributed by atoms with E-state index in [4.69, 9.17) is 0 Å². The highest BCUT2D eigenvalue weighted by Crippen LogP contribution is 2.28. The van der Waals surface area contributed by atoms with E-state index in [1.165, 1.54) is 16.5 Å². The summed E-state index contributed by atoms with van der Waals surface area (Å²) in [6.07, 6.45) is 0. The molecule has 0 atom stereocenters. The van der Waals surface area contributed by atoms with Crippen molar-refractivity contribution in [1.29, 1.82) is 0 Å². The van der Waals surface area contributed by atoms with Gasteiger partial charge in [0, 0.05) is 11.1 Å². The second kappa shape index (κ2) is 3.65. The number of nitrogens with zero attached hydrogens (tertiary/aromatic N) is 1. The van der Waals surface area contributed by atoms with Gasteiger partial charge in [-0.2, -0.15) is 0 Å². The van der Waals surface area contributed by atoms with Crippen LogP contribution in [-0.2, 0) is 0 Å². The van der Waals surface area contributed by atoms with Crippen LogP contribution in [0.4, 0.5) is 0 Å². The van der Waals surface area contributed by atoms with Gasteiger partial charge in [0.25, 0.3) is 0 Å². The Morgan fingerprint density at radius 3 is 2.40 bits per heavy atom. The van der Waals surface area contributed by atoms with Gasteiger partial charge in [0.2, 0.25) is 0 Å². The molecule has 1 heteroatoms. The van der Waals surface area contributed by atoms with E-state index in [1.54, 1.807) is 0 Å². The van der Waals surface area contributed by atoms with Crippen molar-refractivity contribution in [3.63, 3.8) is 0 Å². The molecular weight excluding hydrogens is 182 g/mol. The molecular formula is C14H17N. The zero-order valence-corrected chi connectivity index (χ0v) is 9.83. The lowest BCUT2D eigenvalue weighted by Crippen LogP contribution is -1.99. The van der Waals surface area contributed by atoms with Gasteiger partial charge in [-0.05, 0) is 37.0 Å². The van der Waals surface area contributed by atoms with E-state index in [9.17, 15) is 0 Å². The Balaban J connectivity index is 2.89. The molecule has 0 spiro atoms. The van der Waals surface area contributed by atoms with Crippen LogP contribution in [0.5, 0.6) is 0 Å². The molecule has 0 amide bonds. The van der Waals surface area contributed by atoms with Gasteiger partial charge in [-0.15, -0.1) is 0 Å². The first-order chi connectivity index (χ1) is 7.11. The second-order valence-corrected chi connectivity index (χ2v) is 4.41. The SMILES string of the molecule is Cc1nc2ccccc2c(C(C)C)c1C. The van der Waals surface area contributed by atoms with Crippen LogP contribution in [0.3, 0.4) is 0 Å². The predicted molar refractivity (Wildman–Crippen MR) is 65.3 cm³/mol. The lowest BCUT2D eigenvalue weighted by atomic mass is 9.93. The molecule has 0 N–H and O–H groups in total. The number of aromatic nitrogens is 1. The topological polar surface area (TPSA) is 12.9 Å². The summed E-state index contributed by atoms with van der Waals surface area (Å²) >= 11 is 0. The second-order valence-electron chi connectivity index (χ2n) is 4.41. The average Bonchev–Trinajstić information content (AvgIpc) is 2.19. The fraction of sp³-hybridized carbons (Fsp3) is 0.357. The van der Waals surface area contributed by atoms with Crippen molar-refractivity contribution in [2.75, 3.05) is 0 Å². The standard InChI is InChI=1S/C14H17N/c1-9(2)14-10(3)11(4)15-13-8-6-5-7-12(13)14/h5-9H,1-4H3. The smallest absolute Gasteiger partial charge is 0.0708 e. The molecule has 0 aliphatic rings. The minimum Gasteiger partial charge on any atom is -0.253 e. The summed E-state index contributed by atoms with van der Waals surface area (Å²) in [7, 11) is 0. The fourth-order valence-corrected chi connectivity index (χ4v) is 2.20. The maximum absolute atomic E-state index is 4.62. The summed E-state index contributed by atoms with van der Waals surface area (Å²) in [6.45, 7) is 8.75. The van der Waals surface area contributed by atoms with Gasteiger partial charge in [-0.1, -0.05) is 32.0 Å². The number of benzene rings is 1. The number of rotatable bonds is 1. The van der Waals surface area contributed by atoms with Crippen molar-refractivity contribution in [3.05, 3.63) is 41.1 Å². The molecule has 0 saturated carbocycles. The van der Waals surface area contributed by atoms with E-state index < -0.39 is 0 Å². The number of hydrogen-bond donors (Lipinski definition) is 0. The van der Waals surface area contributed by atoms with E-state index in [2.05, 4.69) is 50.9 Å². The first-order valence-electron chi connectivity index (χ1n) is 5.47. The van der Waals surface area contributed by atoms with Gasteiger partial charge in [-0.25, -0.2) is 0 Å². The van der Waals surface area contributed by atoms with Crippen molar-refractivity contribution in [3.8, 4) is 0 Å². The number of pyridine rings is 1. The fourth-order valence-electron chi connectivity index (χ4n) is 2.20. The molecule has 0 bridgehead atoms. The minimum absolute atomic E-state index is 0.552. The Morgan fingerprint density at radius 2 is 1.73 bits per heavy atom. The van der Waals surface area contributed by atoms with Crippen LogP contribution in [0, 0.1) is 13.8 Å². The normalized spacial score (nSPS) is 11.3. The molecule has 15 heavy (non-hydrogen) atoms. The molecule has 0 unspecified atom stereocenters. The molecule has 0 aliphatic carbocycles. The lowest BCUT2D eigenvalue weighted by Gasteiger charge is -2.15. The third kappa shape index (κ3) is 1.63. The highest BCUT2D eigenvalue weighted by molar-refractivity contribution is 5.84. The summed E-state index contributed by atoms with van der Waals surface area (Å²) in [4.78, 5) is 4.62. The summed E-state index contributed by atoms with van der Waals surface area (Å²) in [5.41, 5.74) is 5.04. The van der Waals surface area contributed by atoms with Gasteiger partial charge < -0.3 is 0 Å². The maximum atomic E-state index is 4.62. The molecule has 78 valence electrons. The molecule has 0 fully saturated rings. The average molecular weight is 199 g/mol. The van der Waals surface area contributed by atoms with E-state index in [-0.39, 0.29) is 0 Å². The summed E-state index contributed by atoms with van der Waals surface area (Å²) in [6, 6.07) is 8.40. The van der Waals surface area contributed by atoms with Gasteiger partial charge in [0.1, 0.15) is 0 Å². The first kappa shape index (κ1) is 10.2. The van der Waals surface area contributed by atoms with E-state index in [1.807, 2.05) is 6.07 Å². The van der Waals surface area contributed by atoms with Crippen molar-refractivity contribution >= 4 is 10.9 Å². The van der Waals surface area contributed by atoms with Crippen molar-refractivity contribution in [2.45, 2.75) is 33.6 Å². The van der Waals surface area contributed by atoms with Crippen LogP contribution in [0.15, 0.2) is 24.3 Å². The Bertz CT molecular complexity index is 498. The third-order valence-electron chi connectivity index (χ3n) is 3.01. The highest BCUT2D eigenvalue weighted by atomic mass is 14.7. The van der Waals surface area contributed by atoms with Crippen LogP contribution in [0.25, 0.3) is 10.9 Å². The first-order valence-corrected chi connectivity index (χ1v) is 5.47. The maximum Gasteiger partial charge on any atom is 0.0708 e. The molecule has 1 nitrogen and oxygen atoms in total. The van der Waals surface area contributed by atoms with Crippen molar-refractivity contribution in [2.24, 2.45) is 0 Å². The van der Waals surface area contributed by atoms with Crippen LogP contribution in [0.2, 0.25) is 0 Å². The van der Waals surface area contributed by atoms with Gasteiger partial charge in [0.15, 0.2) is 0 Å². The summed E-state index contributed by atoms with van der Waals surface area (Å²) in [5.74, 6) is 0.552. The number of fused-ring (bicyclic) bond motifs is 1. The van der Waals surface area contributed by atoms with Crippen molar-refractivity contribution < 1.29 is 0 Å². The molecule has 1 aromatic heterocycles. The highest BCUT2D eigenvalue weighted by Gasteiger charge is 2.11. The zero-order chi connectivity index (χ0) is 11.0. The van der Waals surface area contributed by atoms with E-state index in [0.29, 0.717) is 5.92 Å². The Morgan fingerprint density at radius 1 is 1.07 bits per heavy atom. The van der Waals surface area contributed by atoms with Crippen molar-refractivity contribution in [1.82, 2.24) is 4.98 Å². The number of para-hydroxylation sites is 1. The van der Waals surface area contributed by atoms with Crippen LogP contribution in [-0.4, -0.2) is 4.98 Å². The molecule has 2 rings (SSSR count). The summed E-state index contributed by atoms with van der Waals surface area (Å²) < 4.78 is 0. The monoisotopic (exact) mass is 199 g/mol. The summed E-state index contributed by atoms with van der Waals surface area (Å²) in [5, 5.41) is 1.30.